The van der Waals surface area contributed by atoms with Gasteiger partial charge >= 0.3 is 5.97 Å². The van der Waals surface area contributed by atoms with Crippen LogP contribution in [0, 0.1) is 0 Å². The molecule has 0 saturated carbocycles. The molecule has 2 atom stereocenters. The average molecular weight is 388 g/mol. The molecule has 9 heteroatoms. The summed E-state index contributed by atoms with van der Waals surface area (Å²) in [6, 6.07) is 6.03. The van der Waals surface area contributed by atoms with Crippen LogP contribution in [0.4, 0.5) is 11.4 Å². The molecule has 0 aromatic heterocycles. The molecule has 0 bridgehead atoms. The second-order valence-corrected chi connectivity index (χ2v) is 6.94. The van der Waals surface area contributed by atoms with E-state index in [1.165, 1.54) is 7.11 Å². The predicted octanol–water partition coefficient (Wildman–Crippen LogP) is 0.114. The Morgan fingerprint density at radius 2 is 2.00 bits per heavy atom. The van der Waals surface area contributed by atoms with Gasteiger partial charge in [-0.3, -0.25) is 24.1 Å². The van der Waals surface area contributed by atoms with E-state index in [-0.39, 0.29) is 43.1 Å². The Labute approximate surface area is 163 Å². The van der Waals surface area contributed by atoms with E-state index >= 15 is 0 Å². The topological polar surface area (TPSA) is 108 Å². The van der Waals surface area contributed by atoms with E-state index < -0.39 is 12.0 Å². The van der Waals surface area contributed by atoms with Gasteiger partial charge in [0.05, 0.1) is 31.5 Å². The summed E-state index contributed by atoms with van der Waals surface area (Å²) in [7, 11) is 1.26. The maximum Gasteiger partial charge on any atom is 0.307 e. The van der Waals surface area contributed by atoms with Crippen LogP contribution in [0.2, 0.25) is 0 Å². The van der Waals surface area contributed by atoms with Crippen LogP contribution in [-0.4, -0.2) is 67.4 Å². The molecule has 2 heterocycles. The lowest BCUT2D eigenvalue weighted by Gasteiger charge is -2.36. The van der Waals surface area contributed by atoms with Gasteiger partial charge in [-0.15, -0.1) is 0 Å². The number of hydrogen-bond acceptors (Lipinski definition) is 6. The molecule has 2 aliphatic heterocycles. The van der Waals surface area contributed by atoms with Crippen molar-refractivity contribution in [3.05, 3.63) is 24.3 Å². The van der Waals surface area contributed by atoms with Gasteiger partial charge in [0.15, 0.2) is 0 Å². The lowest BCUT2D eigenvalue weighted by molar-refractivity contribution is -0.146. The monoisotopic (exact) mass is 388 g/mol. The molecule has 1 aromatic rings. The number of nitrogens with one attached hydrogen (secondary N) is 2. The second kappa shape index (κ2) is 8.39. The van der Waals surface area contributed by atoms with E-state index in [0.29, 0.717) is 24.5 Å². The third-order valence-corrected chi connectivity index (χ3v) is 5.00. The van der Waals surface area contributed by atoms with Crippen molar-refractivity contribution >= 4 is 35.1 Å². The summed E-state index contributed by atoms with van der Waals surface area (Å²) in [5.74, 6) is -1.20. The van der Waals surface area contributed by atoms with Crippen LogP contribution in [0.3, 0.4) is 0 Å². The number of methoxy groups -OCH3 is 1. The SMILES string of the molecule is COC(=O)C[C@H]1C(=O)NCCN1CC(=O)N1c2ccccc2NC(=O)C[C@H]1C. The Kier molecular flexibility index (Phi) is 5.93. The molecule has 0 radical (unpaired) electrons. The van der Waals surface area contributed by atoms with Gasteiger partial charge < -0.3 is 20.3 Å². The molecule has 9 nitrogen and oxygen atoms in total. The molecular formula is C19H24N4O5. The second-order valence-electron chi connectivity index (χ2n) is 6.94. The van der Waals surface area contributed by atoms with Crippen molar-refractivity contribution in [1.82, 2.24) is 10.2 Å². The van der Waals surface area contributed by atoms with Crippen molar-refractivity contribution < 1.29 is 23.9 Å². The number of benzene rings is 1. The number of anilines is 2. The summed E-state index contributed by atoms with van der Waals surface area (Å²) in [6.07, 6.45) is 0.0499. The number of para-hydroxylation sites is 2. The first kappa shape index (κ1) is 19.8. The molecule has 0 unspecified atom stereocenters. The molecule has 1 saturated heterocycles. The molecule has 3 amide bonds. The molecule has 2 N–H and O–H groups in total. The number of ether oxygens (including phenoxy) is 1. The first-order valence-corrected chi connectivity index (χ1v) is 9.20. The molecule has 2 aliphatic rings. The van der Waals surface area contributed by atoms with Gasteiger partial charge in [0.25, 0.3) is 0 Å². The van der Waals surface area contributed by atoms with Crippen LogP contribution >= 0.6 is 0 Å². The normalized spacial score (nSPS) is 22.6. The van der Waals surface area contributed by atoms with Crippen LogP contribution < -0.4 is 15.5 Å². The lowest BCUT2D eigenvalue weighted by Crippen LogP contribution is -2.58. The van der Waals surface area contributed by atoms with Crippen molar-refractivity contribution in [2.75, 3.05) is 37.0 Å². The van der Waals surface area contributed by atoms with Crippen molar-refractivity contribution in [3.8, 4) is 0 Å². The summed E-state index contributed by atoms with van der Waals surface area (Å²) in [5, 5.41) is 5.54. The number of amides is 3. The number of fused-ring (bicyclic) bond motifs is 1. The molecule has 0 spiro atoms. The predicted molar refractivity (Wildman–Crippen MR) is 102 cm³/mol. The molecule has 150 valence electrons. The van der Waals surface area contributed by atoms with Crippen LogP contribution in [0.1, 0.15) is 19.8 Å². The third-order valence-electron chi connectivity index (χ3n) is 5.00. The number of rotatable bonds is 4. The fraction of sp³-hybridized carbons (Fsp3) is 0.474. The van der Waals surface area contributed by atoms with E-state index in [1.54, 1.807) is 34.1 Å². The summed E-state index contributed by atoms with van der Waals surface area (Å²) >= 11 is 0. The summed E-state index contributed by atoms with van der Waals surface area (Å²) in [5.41, 5.74) is 1.20. The molecule has 3 rings (SSSR count). The number of esters is 1. The highest BCUT2D eigenvalue weighted by Gasteiger charge is 2.36. The van der Waals surface area contributed by atoms with E-state index in [9.17, 15) is 19.2 Å². The van der Waals surface area contributed by atoms with Crippen molar-refractivity contribution in [1.29, 1.82) is 0 Å². The minimum Gasteiger partial charge on any atom is -0.469 e. The van der Waals surface area contributed by atoms with Gasteiger partial charge in [0, 0.05) is 25.6 Å². The minimum absolute atomic E-state index is 0.0397. The number of carbonyl (C=O) groups excluding carboxylic acids is 4. The zero-order chi connectivity index (χ0) is 20.3. The van der Waals surface area contributed by atoms with E-state index in [1.807, 2.05) is 6.92 Å². The number of piperazine rings is 1. The molecule has 28 heavy (non-hydrogen) atoms. The van der Waals surface area contributed by atoms with Crippen molar-refractivity contribution in [2.24, 2.45) is 0 Å². The zero-order valence-corrected chi connectivity index (χ0v) is 15.9. The number of carbonyl (C=O) groups is 4. The standard InChI is InChI=1S/C19H24N4O5/c1-12-9-16(24)21-13-5-3-4-6-14(13)23(12)17(25)11-22-8-7-20-19(27)15(22)10-18(26)28-2/h3-6,12,15H,7-11H2,1-2H3,(H,20,27)(H,21,24)/t12-,15+/m1/s1. The van der Waals surface area contributed by atoms with Crippen molar-refractivity contribution in [3.63, 3.8) is 0 Å². The van der Waals surface area contributed by atoms with Gasteiger partial charge in [-0.2, -0.15) is 0 Å². The van der Waals surface area contributed by atoms with Crippen LogP contribution in [-0.2, 0) is 23.9 Å². The smallest absolute Gasteiger partial charge is 0.307 e. The largest absolute Gasteiger partial charge is 0.469 e. The quantitative estimate of drug-likeness (QED) is 0.709. The van der Waals surface area contributed by atoms with E-state index in [4.69, 9.17) is 0 Å². The van der Waals surface area contributed by atoms with Gasteiger partial charge in [-0.25, -0.2) is 0 Å². The molecule has 1 fully saturated rings. The van der Waals surface area contributed by atoms with Crippen LogP contribution in [0.15, 0.2) is 24.3 Å². The zero-order valence-electron chi connectivity index (χ0n) is 15.9. The molecular weight excluding hydrogens is 364 g/mol. The highest BCUT2D eigenvalue weighted by Crippen LogP contribution is 2.31. The highest BCUT2D eigenvalue weighted by molar-refractivity contribution is 6.05. The Hall–Kier alpha value is -2.94. The van der Waals surface area contributed by atoms with Gasteiger partial charge in [0.2, 0.25) is 17.7 Å². The highest BCUT2D eigenvalue weighted by atomic mass is 16.5. The van der Waals surface area contributed by atoms with Gasteiger partial charge in [-0.05, 0) is 19.1 Å². The minimum atomic E-state index is -0.762. The Bertz CT molecular complexity index is 796. The van der Waals surface area contributed by atoms with Crippen LogP contribution in [0.5, 0.6) is 0 Å². The summed E-state index contributed by atoms with van der Waals surface area (Å²) in [4.78, 5) is 52.5. The molecule has 0 aliphatic carbocycles. The third kappa shape index (κ3) is 4.14. The van der Waals surface area contributed by atoms with E-state index in [0.717, 1.165) is 0 Å². The number of hydrogen-bond donors (Lipinski definition) is 2. The van der Waals surface area contributed by atoms with E-state index in [2.05, 4.69) is 15.4 Å². The van der Waals surface area contributed by atoms with Crippen LogP contribution in [0.25, 0.3) is 0 Å². The Morgan fingerprint density at radius 1 is 1.25 bits per heavy atom. The first-order chi connectivity index (χ1) is 13.4. The summed E-state index contributed by atoms with van der Waals surface area (Å²) < 4.78 is 4.68. The maximum absolute atomic E-state index is 13.2. The Morgan fingerprint density at radius 3 is 2.75 bits per heavy atom. The lowest BCUT2D eigenvalue weighted by atomic mass is 10.1. The van der Waals surface area contributed by atoms with Gasteiger partial charge in [-0.1, -0.05) is 12.1 Å². The fourth-order valence-electron chi connectivity index (χ4n) is 3.63. The first-order valence-electron chi connectivity index (χ1n) is 9.20. The average Bonchev–Trinajstić information content (AvgIpc) is 2.78. The molecule has 1 aromatic carbocycles. The Balaban J connectivity index is 1.83. The fourth-order valence-corrected chi connectivity index (χ4v) is 3.63. The number of nitrogens with zero attached hydrogens (tertiary/aromatic N) is 2. The van der Waals surface area contributed by atoms with Gasteiger partial charge in [0.1, 0.15) is 6.04 Å². The summed E-state index contributed by atoms with van der Waals surface area (Å²) in [6.45, 7) is 2.62. The maximum atomic E-state index is 13.2. The van der Waals surface area contributed by atoms with Crippen molar-refractivity contribution in [2.45, 2.75) is 31.8 Å².